The van der Waals surface area contributed by atoms with Gasteiger partial charge in [0.15, 0.2) is 17.3 Å². The zero-order valence-corrected chi connectivity index (χ0v) is 20.4. The maximum atomic E-state index is 13.1. The van der Waals surface area contributed by atoms with E-state index in [4.69, 9.17) is 9.47 Å². The van der Waals surface area contributed by atoms with Gasteiger partial charge in [-0.05, 0) is 67.5 Å². The van der Waals surface area contributed by atoms with Crippen LogP contribution in [0.15, 0.2) is 42.5 Å². The Kier molecular flexibility index (Phi) is 8.87. The van der Waals surface area contributed by atoms with Crippen LogP contribution in [0.4, 0.5) is 13.2 Å². The molecular formula is C27H31F3O6. The van der Waals surface area contributed by atoms with Crippen molar-refractivity contribution in [3.05, 3.63) is 53.6 Å². The van der Waals surface area contributed by atoms with Crippen molar-refractivity contribution in [2.75, 3.05) is 13.7 Å². The van der Waals surface area contributed by atoms with E-state index in [-0.39, 0.29) is 31.0 Å². The number of carboxylic acid groups (broad SMARTS) is 1. The molecule has 9 heteroatoms. The summed E-state index contributed by atoms with van der Waals surface area (Å²) in [5, 5.41) is 9.92. The monoisotopic (exact) mass is 508 g/mol. The zero-order valence-electron chi connectivity index (χ0n) is 20.4. The van der Waals surface area contributed by atoms with E-state index in [1.807, 2.05) is 0 Å². The first-order valence-electron chi connectivity index (χ1n) is 12.0. The summed E-state index contributed by atoms with van der Waals surface area (Å²) in [7, 11) is 1.45. The normalized spacial score (nSPS) is 20.0. The van der Waals surface area contributed by atoms with Gasteiger partial charge in [0.25, 0.3) is 0 Å². The number of carboxylic acids is 1. The lowest BCUT2D eigenvalue weighted by molar-refractivity contribution is -0.274. The quantitative estimate of drug-likeness (QED) is 0.351. The largest absolute Gasteiger partial charge is 0.573 e. The number of rotatable bonds is 11. The summed E-state index contributed by atoms with van der Waals surface area (Å²) in [6.07, 6.45) is -1.03. The van der Waals surface area contributed by atoms with E-state index in [9.17, 15) is 27.9 Å². The lowest BCUT2D eigenvalue weighted by Crippen LogP contribution is -2.37. The molecule has 1 aliphatic rings. The van der Waals surface area contributed by atoms with Crippen LogP contribution in [-0.2, 0) is 11.2 Å². The molecule has 0 atom stereocenters. The van der Waals surface area contributed by atoms with Crippen molar-refractivity contribution >= 4 is 11.8 Å². The van der Waals surface area contributed by atoms with Crippen molar-refractivity contribution < 1.29 is 42.1 Å². The molecule has 2 aromatic carbocycles. The summed E-state index contributed by atoms with van der Waals surface area (Å²) in [6.45, 7) is 2.20. The van der Waals surface area contributed by atoms with Gasteiger partial charge in [0, 0.05) is 18.4 Å². The van der Waals surface area contributed by atoms with Crippen LogP contribution in [0.1, 0.15) is 61.4 Å². The molecule has 0 spiro atoms. The molecule has 0 saturated heterocycles. The van der Waals surface area contributed by atoms with Crippen LogP contribution in [0, 0.1) is 11.3 Å². The number of carbonyl (C=O) groups is 2. The number of ketones is 1. The highest BCUT2D eigenvalue weighted by atomic mass is 19.4. The first-order valence-corrected chi connectivity index (χ1v) is 12.0. The van der Waals surface area contributed by atoms with Gasteiger partial charge in [-0.1, -0.05) is 25.5 Å². The van der Waals surface area contributed by atoms with Gasteiger partial charge < -0.3 is 19.3 Å². The number of hydrogen-bond donors (Lipinski definition) is 1. The molecule has 0 aliphatic heterocycles. The van der Waals surface area contributed by atoms with E-state index >= 15 is 0 Å². The van der Waals surface area contributed by atoms with Crippen LogP contribution in [-0.4, -0.2) is 36.9 Å². The van der Waals surface area contributed by atoms with Gasteiger partial charge in [-0.3, -0.25) is 9.59 Å². The van der Waals surface area contributed by atoms with E-state index in [0.717, 1.165) is 19.3 Å². The molecule has 1 fully saturated rings. The van der Waals surface area contributed by atoms with Crippen molar-refractivity contribution in [3.8, 4) is 17.2 Å². The molecule has 0 radical (unpaired) electrons. The fourth-order valence-electron chi connectivity index (χ4n) is 4.65. The van der Waals surface area contributed by atoms with Crippen LogP contribution < -0.4 is 14.2 Å². The zero-order chi connectivity index (χ0) is 26.3. The number of ether oxygens (including phenoxy) is 3. The topological polar surface area (TPSA) is 82.1 Å². The highest BCUT2D eigenvalue weighted by Crippen LogP contribution is 2.44. The molecule has 0 unspecified atom stereocenters. The summed E-state index contributed by atoms with van der Waals surface area (Å²) in [6, 6.07) is 10.3. The number of hydrogen-bond acceptors (Lipinski definition) is 5. The van der Waals surface area contributed by atoms with E-state index in [2.05, 4.69) is 11.7 Å². The molecule has 1 N–H and O–H groups in total. The van der Waals surface area contributed by atoms with Crippen LogP contribution in [0.5, 0.6) is 17.2 Å². The SMILES string of the molecule is CCC1CCC(CC(=O)c2ccc(OC)c(OCCc3cccc(OC(F)(F)F)c3)c2)(C(=O)O)CC1. The molecule has 0 amide bonds. The van der Waals surface area contributed by atoms with E-state index in [1.165, 1.54) is 31.4 Å². The molecule has 0 heterocycles. The number of aliphatic carboxylic acids is 1. The fourth-order valence-corrected chi connectivity index (χ4v) is 4.65. The Morgan fingerprint density at radius 1 is 1.08 bits per heavy atom. The molecule has 1 saturated carbocycles. The smallest absolute Gasteiger partial charge is 0.493 e. The van der Waals surface area contributed by atoms with Gasteiger partial charge in [-0.25, -0.2) is 0 Å². The minimum Gasteiger partial charge on any atom is -0.493 e. The number of methoxy groups -OCH3 is 1. The third-order valence-corrected chi connectivity index (χ3v) is 6.86. The average Bonchev–Trinajstić information content (AvgIpc) is 2.83. The lowest BCUT2D eigenvalue weighted by Gasteiger charge is -2.36. The Labute approximate surface area is 208 Å². The Balaban J connectivity index is 1.68. The van der Waals surface area contributed by atoms with Crippen LogP contribution in [0.3, 0.4) is 0 Å². The predicted molar refractivity (Wildman–Crippen MR) is 127 cm³/mol. The minimum absolute atomic E-state index is 0.0868. The van der Waals surface area contributed by atoms with Gasteiger partial charge in [-0.15, -0.1) is 13.2 Å². The summed E-state index contributed by atoms with van der Waals surface area (Å²) in [5.74, 6) is -0.356. The van der Waals surface area contributed by atoms with Crippen molar-refractivity contribution in [1.82, 2.24) is 0 Å². The second kappa shape index (κ2) is 11.7. The molecule has 0 bridgehead atoms. The molecule has 196 valence electrons. The Morgan fingerprint density at radius 3 is 2.42 bits per heavy atom. The van der Waals surface area contributed by atoms with Gasteiger partial charge >= 0.3 is 12.3 Å². The second-order valence-electron chi connectivity index (χ2n) is 9.20. The highest BCUT2D eigenvalue weighted by molar-refractivity contribution is 5.99. The number of carbonyl (C=O) groups excluding carboxylic acids is 1. The number of Topliss-reactive ketones (excluding diaryl/α,β-unsaturated/α-hetero) is 1. The van der Waals surface area contributed by atoms with Gasteiger partial charge in [0.2, 0.25) is 0 Å². The maximum Gasteiger partial charge on any atom is 0.573 e. The molecule has 2 aromatic rings. The Hall–Kier alpha value is -3.23. The van der Waals surface area contributed by atoms with Crippen LogP contribution >= 0.6 is 0 Å². The summed E-state index contributed by atoms with van der Waals surface area (Å²) in [4.78, 5) is 25.2. The summed E-state index contributed by atoms with van der Waals surface area (Å²) < 4.78 is 52.4. The van der Waals surface area contributed by atoms with E-state index in [0.29, 0.717) is 41.4 Å². The predicted octanol–water partition coefficient (Wildman–Crippen LogP) is 6.46. The molecule has 0 aromatic heterocycles. The third-order valence-electron chi connectivity index (χ3n) is 6.86. The Morgan fingerprint density at radius 2 is 1.81 bits per heavy atom. The molecule has 3 rings (SSSR count). The molecule has 36 heavy (non-hydrogen) atoms. The standard InChI is InChI=1S/C27H31F3O6/c1-3-18-9-12-26(13-10-18,25(32)33)17-22(31)20-7-8-23(34-2)24(16-20)35-14-11-19-5-4-6-21(15-19)36-27(28,29)30/h4-8,15-16,18H,3,9-14,17H2,1-2H3,(H,32,33). The van der Waals surface area contributed by atoms with Crippen LogP contribution in [0.25, 0.3) is 0 Å². The Bertz CT molecular complexity index is 1060. The minimum atomic E-state index is -4.77. The van der Waals surface area contributed by atoms with Gasteiger partial charge in [0.05, 0.1) is 19.1 Å². The number of benzene rings is 2. The second-order valence-corrected chi connectivity index (χ2v) is 9.20. The molecular weight excluding hydrogens is 477 g/mol. The first kappa shape index (κ1) is 27.4. The van der Waals surface area contributed by atoms with E-state index < -0.39 is 17.7 Å². The van der Waals surface area contributed by atoms with Crippen molar-refractivity contribution in [3.63, 3.8) is 0 Å². The lowest BCUT2D eigenvalue weighted by atomic mass is 9.67. The van der Waals surface area contributed by atoms with Gasteiger partial charge in [-0.2, -0.15) is 0 Å². The highest BCUT2D eigenvalue weighted by Gasteiger charge is 2.43. The van der Waals surface area contributed by atoms with Crippen molar-refractivity contribution in [2.45, 2.75) is 58.2 Å². The average molecular weight is 509 g/mol. The third kappa shape index (κ3) is 7.15. The van der Waals surface area contributed by atoms with E-state index in [1.54, 1.807) is 18.2 Å². The number of alkyl halides is 3. The molecule has 6 nitrogen and oxygen atoms in total. The van der Waals surface area contributed by atoms with Crippen molar-refractivity contribution in [2.24, 2.45) is 11.3 Å². The maximum absolute atomic E-state index is 13.1. The summed E-state index contributed by atoms with van der Waals surface area (Å²) >= 11 is 0. The summed E-state index contributed by atoms with van der Waals surface area (Å²) in [5.41, 5.74) is -0.161. The first-order chi connectivity index (χ1) is 17.0. The van der Waals surface area contributed by atoms with Crippen LogP contribution in [0.2, 0.25) is 0 Å². The number of halogens is 3. The van der Waals surface area contributed by atoms with Gasteiger partial charge in [0.1, 0.15) is 5.75 Å². The van der Waals surface area contributed by atoms with Crippen molar-refractivity contribution in [1.29, 1.82) is 0 Å². The fraction of sp³-hybridized carbons (Fsp3) is 0.481. The molecule has 1 aliphatic carbocycles.